The molecule has 7 nitrogen and oxygen atoms in total. The predicted octanol–water partition coefficient (Wildman–Crippen LogP) is 3.46. The lowest BCUT2D eigenvalue weighted by Crippen LogP contribution is -2.43. The lowest BCUT2D eigenvalue weighted by Gasteiger charge is -2.32. The molecule has 0 atom stereocenters. The normalized spacial score (nSPS) is 14.7. The molecule has 3 aromatic rings. The molecule has 3 heterocycles. The largest absolute Gasteiger partial charge is 0.350 e. The molecule has 0 aliphatic carbocycles. The van der Waals surface area contributed by atoms with Crippen LogP contribution in [0.3, 0.4) is 0 Å². The molecular weight excluding hydrogens is 385 g/mol. The highest BCUT2D eigenvalue weighted by molar-refractivity contribution is 5.94. The first-order chi connectivity index (χ1) is 14.5. The molecule has 0 saturated carbocycles. The Labute approximate surface area is 173 Å². The van der Waals surface area contributed by atoms with Crippen molar-refractivity contribution in [2.45, 2.75) is 19.8 Å². The van der Waals surface area contributed by atoms with E-state index in [4.69, 9.17) is 0 Å². The molecule has 30 heavy (non-hydrogen) atoms. The Kier molecular flexibility index (Phi) is 5.65. The second-order valence-electron chi connectivity index (χ2n) is 7.55. The summed E-state index contributed by atoms with van der Waals surface area (Å²) < 4.78 is 14.8. The molecule has 2 N–H and O–H groups in total. The van der Waals surface area contributed by atoms with Crippen LogP contribution in [-0.4, -0.2) is 45.9 Å². The van der Waals surface area contributed by atoms with Crippen LogP contribution in [0.1, 0.15) is 29.0 Å². The molecule has 0 spiro atoms. The van der Waals surface area contributed by atoms with Gasteiger partial charge in [-0.1, -0.05) is 6.07 Å². The van der Waals surface area contributed by atoms with Crippen LogP contribution in [0.5, 0.6) is 0 Å². The van der Waals surface area contributed by atoms with Crippen molar-refractivity contribution in [1.29, 1.82) is 0 Å². The molecule has 1 aliphatic heterocycles. The van der Waals surface area contributed by atoms with Crippen LogP contribution in [-0.2, 0) is 0 Å². The van der Waals surface area contributed by atoms with E-state index in [1.54, 1.807) is 9.30 Å². The standard InChI is InChI=1S/C22H24FN5O2/c1-15-20(28-11-3-2-4-19(28)25-15)21(29)24-14-16-9-12-27(13-10-16)22(30)26-18-7-5-17(23)6-8-18/h2-8,11,16H,9-10,12-14H2,1H3,(H,24,29)(H,26,30). The Balaban J connectivity index is 1.27. The van der Waals surface area contributed by atoms with Crippen molar-refractivity contribution < 1.29 is 14.0 Å². The highest BCUT2D eigenvalue weighted by atomic mass is 19.1. The molecule has 156 valence electrons. The minimum Gasteiger partial charge on any atom is -0.350 e. The number of hydrogen-bond donors (Lipinski definition) is 2. The molecule has 3 amide bonds. The number of likely N-dealkylation sites (tertiary alicyclic amines) is 1. The fourth-order valence-corrected chi connectivity index (χ4v) is 3.78. The number of nitrogens with zero attached hydrogens (tertiary/aromatic N) is 3. The number of benzene rings is 1. The summed E-state index contributed by atoms with van der Waals surface area (Å²) in [6.45, 7) is 3.62. The second kappa shape index (κ2) is 8.52. The van der Waals surface area contributed by atoms with Crippen molar-refractivity contribution in [2.24, 2.45) is 5.92 Å². The third-order valence-electron chi connectivity index (χ3n) is 5.47. The van der Waals surface area contributed by atoms with Gasteiger partial charge in [0.2, 0.25) is 0 Å². The Morgan fingerprint density at radius 2 is 1.87 bits per heavy atom. The third kappa shape index (κ3) is 4.27. The molecule has 1 saturated heterocycles. The third-order valence-corrected chi connectivity index (χ3v) is 5.47. The summed E-state index contributed by atoms with van der Waals surface area (Å²) >= 11 is 0. The molecule has 1 aromatic carbocycles. The Morgan fingerprint density at radius 3 is 2.60 bits per heavy atom. The fourth-order valence-electron chi connectivity index (χ4n) is 3.78. The smallest absolute Gasteiger partial charge is 0.321 e. The van der Waals surface area contributed by atoms with Gasteiger partial charge in [0.25, 0.3) is 5.91 Å². The Morgan fingerprint density at radius 1 is 1.13 bits per heavy atom. The molecule has 0 radical (unpaired) electrons. The Hall–Kier alpha value is -3.42. The first-order valence-electron chi connectivity index (χ1n) is 10.0. The number of nitrogens with one attached hydrogen (secondary N) is 2. The van der Waals surface area contributed by atoms with Crippen molar-refractivity contribution in [3.05, 3.63) is 65.9 Å². The van der Waals surface area contributed by atoms with E-state index < -0.39 is 0 Å². The monoisotopic (exact) mass is 409 g/mol. The van der Waals surface area contributed by atoms with E-state index in [0.29, 0.717) is 42.6 Å². The van der Waals surface area contributed by atoms with E-state index in [2.05, 4.69) is 15.6 Å². The van der Waals surface area contributed by atoms with E-state index >= 15 is 0 Å². The highest BCUT2D eigenvalue weighted by Gasteiger charge is 2.24. The number of fused-ring (bicyclic) bond motifs is 1. The van der Waals surface area contributed by atoms with Gasteiger partial charge in [0.1, 0.15) is 17.2 Å². The van der Waals surface area contributed by atoms with E-state index in [1.807, 2.05) is 31.3 Å². The summed E-state index contributed by atoms with van der Waals surface area (Å²) in [4.78, 5) is 31.3. The first kappa shape index (κ1) is 19.9. The molecule has 1 fully saturated rings. The number of hydrogen-bond acceptors (Lipinski definition) is 3. The van der Waals surface area contributed by atoms with Gasteiger partial charge in [-0.25, -0.2) is 14.2 Å². The summed E-state index contributed by atoms with van der Waals surface area (Å²) in [5, 5.41) is 5.81. The van der Waals surface area contributed by atoms with E-state index in [1.165, 1.54) is 24.3 Å². The van der Waals surface area contributed by atoms with Crippen LogP contribution in [0.15, 0.2) is 48.7 Å². The zero-order chi connectivity index (χ0) is 21.1. The molecule has 2 aromatic heterocycles. The van der Waals surface area contributed by atoms with Gasteiger partial charge in [0.05, 0.1) is 5.69 Å². The van der Waals surface area contributed by atoms with Gasteiger partial charge in [-0.05, 0) is 62.1 Å². The molecule has 1 aliphatic rings. The first-order valence-corrected chi connectivity index (χ1v) is 10.0. The van der Waals surface area contributed by atoms with E-state index in [-0.39, 0.29) is 17.8 Å². The van der Waals surface area contributed by atoms with Crippen LogP contribution in [0.2, 0.25) is 0 Å². The summed E-state index contributed by atoms with van der Waals surface area (Å²) in [5.41, 5.74) is 2.58. The Bertz CT molecular complexity index is 1060. The van der Waals surface area contributed by atoms with Crippen molar-refractivity contribution in [1.82, 2.24) is 19.6 Å². The number of amides is 3. The van der Waals surface area contributed by atoms with Gasteiger partial charge in [0, 0.05) is 31.5 Å². The maximum atomic E-state index is 13.0. The van der Waals surface area contributed by atoms with Crippen molar-refractivity contribution >= 4 is 23.3 Å². The van der Waals surface area contributed by atoms with Crippen LogP contribution < -0.4 is 10.6 Å². The number of piperidine rings is 1. The van der Waals surface area contributed by atoms with Crippen LogP contribution in [0.4, 0.5) is 14.9 Å². The summed E-state index contributed by atoms with van der Waals surface area (Å²) in [5.74, 6) is -0.166. The van der Waals surface area contributed by atoms with Crippen LogP contribution >= 0.6 is 0 Å². The van der Waals surface area contributed by atoms with Gasteiger partial charge in [-0.2, -0.15) is 0 Å². The quantitative estimate of drug-likeness (QED) is 0.693. The number of halogens is 1. The number of rotatable bonds is 4. The zero-order valence-electron chi connectivity index (χ0n) is 16.8. The number of carbonyl (C=O) groups excluding carboxylic acids is 2. The fraction of sp³-hybridized carbons (Fsp3) is 0.318. The van der Waals surface area contributed by atoms with Crippen LogP contribution in [0.25, 0.3) is 5.65 Å². The number of imidazole rings is 1. The highest BCUT2D eigenvalue weighted by Crippen LogP contribution is 2.19. The minimum absolute atomic E-state index is 0.136. The van der Waals surface area contributed by atoms with Gasteiger partial charge in [0.15, 0.2) is 0 Å². The topological polar surface area (TPSA) is 78.7 Å². The maximum Gasteiger partial charge on any atom is 0.321 e. The molecule has 0 bridgehead atoms. The summed E-state index contributed by atoms with van der Waals surface area (Å²) in [6.07, 6.45) is 3.45. The average molecular weight is 409 g/mol. The van der Waals surface area contributed by atoms with Gasteiger partial charge >= 0.3 is 6.03 Å². The molecule has 4 rings (SSSR count). The molecular formula is C22H24FN5O2. The maximum absolute atomic E-state index is 13.0. The van der Waals surface area contributed by atoms with Gasteiger partial charge in [-0.15, -0.1) is 0 Å². The van der Waals surface area contributed by atoms with Gasteiger partial charge < -0.3 is 15.5 Å². The predicted molar refractivity (Wildman–Crippen MR) is 112 cm³/mol. The lowest BCUT2D eigenvalue weighted by molar-refractivity contribution is 0.0932. The number of aryl methyl sites for hydroxylation is 1. The van der Waals surface area contributed by atoms with E-state index in [9.17, 15) is 14.0 Å². The van der Waals surface area contributed by atoms with Crippen molar-refractivity contribution in [3.8, 4) is 0 Å². The number of urea groups is 1. The number of aromatic nitrogens is 2. The van der Waals surface area contributed by atoms with Crippen LogP contribution in [0, 0.1) is 18.7 Å². The summed E-state index contributed by atoms with van der Waals surface area (Å²) in [7, 11) is 0. The van der Waals surface area contributed by atoms with Crippen molar-refractivity contribution in [3.63, 3.8) is 0 Å². The average Bonchev–Trinajstić information content (AvgIpc) is 3.09. The lowest BCUT2D eigenvalue weighted by atomic mass is 9.97. The van der Waals surface area contributed by atoms with Crippen molar-refractivity contribution in [2.75, 3.05) is 25.0 Å². The number of carbonyl (C=O) groups is 2. The number of anilines is 1. The summed E-state index contributed by atoms with van der Waals surface area (Å²) in [6, 6.07) is 11.2. The van der Waals surface area contributed by atoms with Gasteiger partial charge in [-0.3, -0.25) is 9.20 Å². The minimum atomic E-state index is -0.338. The SMILES string of the molecule is Cc1nc2ccccn2c1C(=O)NCC1CCN(C(=O)Nc2ccc(F)cc2)CC1. The van der Waals surface area contributed by atoms with E-state index in [0.717, 1.165) is 18.5 Å². The second-order valence-corrected chi connectivity index (χ2v) is 7.55. The molecule has 0 unspecified atom stereocenters. The number of pyridine rings is 1. The zero-order valence-corrected chi connectivity index (χ0v) is 16.8. The molecule has 8 heteroatoms.